The predicted molar refractivity (Wildman–Crippen MR) is 156 cm³/mol. The van der Waals surface area contributed by atoms with Crippen LogP contribution in [0.1, 0.15) is 16.7 Å². The molecule has 1 amide bonds. The number of halogens is 1. The molecule has 0 aromatic heterocycles. The van der Waals surface area contributed by atoms with Crippen molar-refractivity contribution in [3.63, 3.8) is 0 Å². The molecule has 3 aromatic rings. The first kappa shape index (κ1) is 27.6. The third-order valence-corrected chi connectivity index (χ3v) is 9.79. The molecular formula is C30H35ClN4O3S. The molecule has 2 aliphatic rings. The molecule has 0 radical (unpaired) electrons. The second-order valence-electron chi connectivity index (χ2n) is 10.4. The molecule has 7 nitrogen and oxygen atoms in total. The van der Waals surface area contributed by atoms with Crippen molar-refractivity contribution in [2.75, 3.05) is 50.7 Å². The summed E-state index contributed by atoms with van der Waals surface area (Å²) in [5.41, 5.74) is 4.75. The van der Waals surface area contributed by atoms with Crippen molar-refractivity contribution in [1.29, 1.82) is 0 Å². The first-order valence-corrected chi connectivity index (χ1v) is 15.2. The molecule has 2 aliphatic heterocycles. The minimum absolute atomic E-state index is 0.0162. The monoisotopic (exact) mass is 566 g/mol. The van der Waals surface area contributed by atoms with E-state index in [1.54, 1.807) is 18.2 Å². The molecule has 9 heteroatoms. The van der Waals surface area contributed by atoms with E-state index >= 15 is 0 Å². The molecule has 0 aliphatic carbocycles. The topological polar surface area (TPSA) is 64.2 Å². The average molecular weight is 567 g/mol. The van der Waals surface area contributed by atoms with Gasteiger partial charge in [0, 0.05) is 63.1 Å². The van der Waals surface area contributed by atoms with Crippen LogP contribution in [0.4, 0.5) is 5.69 Å². The van der Waals surface area contributed by atoms with Crippen LogP contribution in [0.15, 0.2) is 77.7 Å². The van der Waals surface area contributed by atoms with Gasteiger partial charge in [-0.3, -0.25) is 9.69 Å². The first-order valence-electron chi connectivity index (χ1n) is 13.4. The lowest BCUT2D eigenvalue weighted by Gasteiger charge is -2.44. The zero-order chi connectivity index (χ0) is 27.6. The first-order chi connectivity index (χ1) is 18.7. The summed E-state index contributed by atoms with van der Waals surface area (Å²) in [5, 5.41) is 0.369. The van der Waals surface area contributed by atoms with Crippen molar-refractivity contribution in [1.82, 2.24) is 14.1 Å². The van der Waals surface area contributed by atoms with E-state index in [0.29, 0.717) is 37.7 Å². The van der Waals surface area contributed by atoms with Gasteiger partial charge in [0.05, 0.1) is 4.90 Å². The number of benzene rings is 3. The van der Waals surface area contributed by atoms with E-state index in [2.05, 4.69) is 41.8 Å². The van der Waals surface area contributed by atoms with E-state index in [1.165, 1.54) is 27.2 Å². The van der Waals surface area contributed by atoms with Crippen molar-refractivity contribution >= 4 is 33.2 Å². The van der Waals surface area contributed by atoms with Crippen LogP contribution in [0.3, 0.4) is 0 Å². The summed E-state index contributed by atoms with van der Waals surface area (Å²) in [6.45, 7) is 8.37. The standard InChI is InChI=1S/C30H35ClN4O3S/c1-23-11-12-24(2)28(19-23)32-13-15-33(16-14-32)30(36)29-22-35(39(37,38)27-10-6-9-26(31)20-27)18-17-34(29)21-25-7-4-3-5-8-25/h3-12,19-20,29H,13-18,21-22H2,1-2H3. The molecule has 2 saturated heterocycles. The second kappa shape index (κ2) is 11.7. The smallest absolute Gasteiger partial charge is 0.243 e. The lowest BCUT2D eigenvalue weighted by molar-refractivity contribution is -0.139. The molecule has 2 heterocycles. The van der Waals surface area contributed by atoms with E-state index in [0.717, 1.165) is 18.7 Å². The Kier molecular flexibility index (Phi) is 8.28. The van der Waals surface area contributed by atoms with Gasteiger partial charge in [-0.25, -0.2) is 8.42 Å². The zero-order valence-corrected chi connectivity index (χ0v) is 24.0. The molecule has 39 heavy (non-hydrogen) atoms. The van der Waals surface area contributed by atoms with Crippen LogP contribution >= 0.6 is 11.6 Å². The van der Waals surface area contributed by atoms with E-state index in [-0.39, 0.29) is 17.3 Å². The second-order valence-corrected chi connectivity index (χ2v) is 12.8. The Balaban J connectivity index is 1.35. The summed E-state index contributed by atoms with van der Waals surface area (Å²) in [5.74, 6) is -0.0162. The Morgan fingerprint density at radius 1 is 0.872 bits per heavy atom. The van der Waals surface area contributed by atoms with Crippen molar-refractivity contribution in [3.8, 4) is 0 Å². The number of anilines is 1. The van der Waals surface area contributed by atoms with Gasteiger partial charge in [0.25, 0.3) is 0 Å². The third kappa shape index (κ3) is 6.14. The largest absolute Gasteiger partial charge is 0.368 e. The number of carbonyl (C=O) groups excluding carboxylic acids is 1. The molecule has 0 bridgehead atoms. The lowest BCUT2D eigenvalue weighted by atomic mass is 10.1. The van der Waals surface area contributed by atoms with Gasteiger partial charge < -0.3 is 9.80 Å². The Morgan fingerprint density at radius 2 is 1.62 bits per heavy atom. The maximum absolute atomic E-state index is 14.0. The van der Waals surface area contributed by atoms with Crippen LogP contribution in [0.5, 0.6) is 0 Å². The Hall–Kier alpha value is -2.91. The van der Waals surface area contributed by atoms with Gasteiger partial charge >= 0.3 is 0 Å². The van der Waals surface area contributed by atoms with Crippen molar-refractivity contribution in [3.05, 3.63) is 94.5 Å². The van der Waals surface area contributed by atoms with Crippen molar-refractivity contribution in [2.24, 2.45) is 0 Å². The number of carbonyl (C=O) groups is 1. The summed E-state index contributed by atoms with van der Waals surface area (Å²) < 4.78 is 28.5. The number of amides is 1. The normalized spacial score (nSPS) is 19.3. The van der Waals surface area contributed by atoms with Crippen LogP contribution in [0, 0.1) is 13.8 Å². The maximum atomic E-state index is 14.0. The average Bonchev–Trinajstić information content (AvgIpc) is 2.95. The van der Waals surface area contributed by atoms with Gasteiger partial charge in [0.1, 0.15) is 6.04 Å². The zero-order valence-electron chi connectivity index (χ0n) is 22.5. The highest BCUT2D eigenvalue weighted by Gasteiger charge is 2.40. The third-order valence-electron chi connectivity index (χ3n) is 7.70. The van der Waals surface area contributed by atoms with E-state index in [4.69, 9.17) is 11.6 Å². The lowest BCUT2D eigenvalue weighted by Crippen LogP contribution is -2.62. The fourth-order valence-electron chi connectivity index (χ4n) is 5.47. The number of piperazine rings is 2. The van der Waals surface area contributed by atoms with Gasteiger partial charge in [0.2, 0.25) is 15.9 Å². The highest BCUT2D eigenvalue weighted by Crippen LogP contribution is 2.26. The number of rotatable bonds is 6. The van der Waals surface area contributed by atoms with Gasteiger partial charge in [-0.1, -0.05) is 60.1 Å². The fourth-order valence-corrected chi connectivity index (χ4v) is 7.21. The quantitative estimate of drug-likeness (QED) is 0.448. The molecule has 0 N–H and O–H groups in total. The number of sulfonamides is 1. The fraction of sp³-hybridized carbons (Fsp3) is 0.367. The molecule has 0 saturated carbocycles. The highest BCUT2D eigenvalue weighted by atomic mass is 35.5. The number of aryl methyl sites for hydroxylation is 2. The summed E-state index contributed by atoms with van der Waals surface area (Å²) in [6, 6.07) is 22.2. The summed E-state index contributed by atoms with van der Waals surface area (Å²) in [4.78, 5) is 20.5. The van der Waals surface area contributed by atoms with Gasteiger partial charge in [-0.05, 0) is 54.8 Å². The van der Waals surface area contributed by atoms with Crippen LogP contribution in [0.2, 0.25) is 5.02 Å². The summed E-state index contributed by atoms with van der Waals surface area (Å²) in [6.07, 6.45) is 0. The molecule has 2 fully saturated rings. The molecule has 1 unspecified atom stereocenters. The Bertz CT molecular complexity index is 1430. The van der Waals surface area contributed by atoms with Crippen LogP contribution in [-0.2, 0) is 21.4 Å². The van der Waals surface area contributed by atoms with Crippen molar-refractivity contribution in [2.45, 2.75) is 31.3 Å². The Morgan fingerprint density at radius 3 is 2.33 bits per heavy atom. The molecule has 1 atom stereocenters. The van der Waals surface area contributed by atoms with Crippen LogP contribution < -0.4 is 4.90 Å². The summed E-state index contributed by atoms with van der Waals surface area (Å²) in [7, 11) is -3.79. The van der Waals surface area contributed by atoms with Crippen LogP contribution in [0.25, 0.3) is 0 Å². The number of hydrogen-bond donors (Lipinski definition) is 0. The van der Waals surface area contributed by atoms with Crippen LogP contribution in [-0.4, -0.2) is 80.3 Å². The predicted octanol–water partition coefficient (Wildman–Crippen LogP) is 4.18. The minimum Gasteiger partial charge on any atom is -0.368 e. The molecule has 206 valence electrons. The number of hydrogen-bond acceptors (Lipinski definition) is 5. The van der Waals surface area contributed by atoms with E-state index < -0.39 is 16.1 Å². The molecular weight excluding hydrogens is 532 g/mol. The molecule has 3 aromatic carbocycles. The van der Waals surface area contributed by atoms with Gasteiger partial charge in [0.15, 0.2) is 0 Å². The SMILES string of the molecule is Cc1ccc(C)c(N2CCN(C(=O)C3CN(S(=O)(=O)c4cccc(Cl)c4)CCN3Cc3ccccc3)CC2)c1. The van der Waals surface area contributed by atoms with E-state index in [1.807, 2.05) is 35.2 Å². The van der Waals surface area contributed by atoms with Gasteiger partial charge in [-0.2, -0.15) is 4.31 Å². The van der Waals surface area contributed by atoms with Crippen molar-refractivity contribution < 1.29 is 13.2 Å². The minimum atomic E-state index is -3.79. The maximum Gasteiger partial charge on any atom is 0.243 e. The highest BCUT2D eigenvalue weighted by molar-refractivity contribution is 7.89. The van der Waals surface area contributed by atoms with Gasteiger partial charge in [-0.15, -0.1) is 0 Å². The Labute approximate surface area is 236 Å². The molecule has 0 spiro atoms. The van der Waals surface area contributed by atoms with E-state index in [9.17, 15) is 13.2 Å². The molecule has 5 rings (SSSR count). The number of nitrogens with zero attached hydrogens (tertiary/aromatic N) is 4. The summed E-state index contributed by atoms with van der Waals surface area (Å²) >= 11 is 6.10.